The van der Waals surface area contributed by atoms with Crippen LogP contribution >= 0.6 is 11.6 Å². The predicted molar refractivity (Wildman–Crippen MR) is 131 cm³/mol. The zero-order valence-electron chi connectivity index (χ0n) is 19.2. The molecule has 1 aliphatic rings. The number of nitrogens with zero attached hydrogens (tertiary/aromatic N) is 1. The van der Waals surface area contributed by atoms with E-state index in [4.69, 9.17) is 36.3 Å². The van der Waals surface area contributed by atoms with Gasteiger partial charge in [0, 0.05) is 22.2 Å². The Bertz CT molecular complexity index is 1350. The van der Waals surface area contributed by atoms with Crippen LogP contribution in [0.4, 0.5) is 0 Å². The van der Waals surface area contributed by atoms with E-state index in [1.54, 1.807) is 36.4 Å². The SMILES string of the molecule is CCOc1ccccc1C1C(C#N)=C(N)Oc2cc(OC(=O)COc3ccc(Cl)cc3C)ccc21. The Balaban J connectivity index is 1.57. The van der Waals surface area contributed by atoms with Crippen LogP contribution in [0.15, 0.2) is 72.1 Å². The van der Waals surface area contributed by atoms with Gasteiger partial charge >= 0.3 is 5.97 Å². The number of para-hydroxylation sites is 1. The molecule has 0 amide bonds. The summed E-state index contributed by atoms with van der Waals surface area (Å²) in [6.45, 7) is 3.91. The van der Waals surface area contributed by atoms with Crippen LogP contribution in [0.1, 0.15) is 29.5 Å². The first-order valence-corrected chi connectivity index (χ1v) is 11.3. The van der Waals surface area contributed by atoms with Crippen molar-refractivity contribution in [3.63, 3.8) is 0 Å². The van der Waals surface area contributed by atoms with Crippen LogP contribution in [0.3, 0.4) is 0 Å². The average Bonchev–Trinajstić information content (AvgIpc) is 2.83. The molecular formula is C27H23ClN2O5. The van der Waals surface area contributed by atoms with E-state index < -0.39 is 11.9 Å². The van der Waals surface area contributed by atoms with E-state index in [1.807, 2.05) is 38.1 Å². The number of esters is 1. The van der Waals surface area contributed by atoms with Crippen LogP contribution in [0, 0.1) is 18.3 Å². The van der Waals surface area contributed by atoms with Gasteiger partial charge < -0.3 is 24.7 Å². The fraction of sp³-hybridized carbons (Fsp3) is 0.185. The number of fused-ring (bicyclic) bond motifs is 1. The third-order valence-corrected chi connectivity index (χ3v) is 5.67. The number of halogens is 1. The lowest BCUT2D eigenvalue weighted by Gasteiger charge is -2.27. The van der Waals surface area contributed by atoms with Gasteiger partial charge in [0.2, 0.25) is 5.88 Å². The fourth-order valence-electron chi connectivity index (χ4n) is 3.90. The molecule has 178 valence electrons. The summed E-state index contributed by atoms with van der Waals surface area (Å²) >= 11 is 5.95. The molecule has 7 nitrogen and oxygen atoms in total. The highest BCUT2D eigenvalue weighted by atomic mass is 35.5. The molecule has 0 aromatic heterocycles. The second-order valence-electron chi connectivity index (χ2n) is 7.77. The summed E-state index contributed by atoms with van der Waals surface area (Å²) in [6.07, 6.45) is 0. The van der Waals surface area contributed by atoms with Crippen LogP contribution in [0.5, 0.6) is 23.0 Å². The largest absolute Gasteiger partial charge is 0.494 e. The monoisotopic (exact) mass is 490 g/mol. The molecule has 0 bridgehead atoms. The minimum atomic E-state index is -0.588. The lowest BCUT2D eigenvalue weighted by Crippen LogP contribution is -2.22. The van der Waals surface area contributed by atoms with Gasteiger partial charge in [-0.2, -0.15) is 5.26 Å². The summed E-state index contributed by atoms with van der Waals surface area (Å²) in [7, 11) is 0. The Labute approximate surface area is 208 Å². The Kier molecular flexibility index (Phi) is 7.14. The molecule has 1 aliphatic heterocycles. The molecule has 1 unspecified atom stereocenters. The van der Waals surface area contributed by atoms with E-state index in [0.717, 1.165) is 11.1 Å². The molecule has 2 N–H and O–H groups in total. The molecule has 0 saturated heterocycles. The summed E-state index contributed by atoms with van der Waals surface area (Å²) in [5.74, 6) is 0.743. The van der Waals surface area contributed by atoms with Gasteiger partial charge in [-0.05, 0) is 49.7 Å². The molecule has 0 aliphatic carbocycles. The summed E-state index contributed by atoms with van der Waals surface area (Å²) in [5, 5.41) is 10.4. The van der Waals surface area contributed by atoms with Crippen molar-refractivity contribution in [3.8, 4) is 29.1 Å². The van der Waals surface area contributed by atoms with E-state index in [9.17, 15) is 10.1 Å². The van der Waals surface area contributed by atoms with Crippen molar-refractivity contribution >= 4 is 17.6 Å². The molecule has 0 radical (unpaired) electrons. The number of carbonyl (C=O) groups is 1. The normalized spacial score (nSPS) is 14.4. The lowest BCUT2D eigenvalue weighted by atomic mass is 9.83. The van der Waals surface area contributed by atoms with E-state index in [1.165, 1.54) is 0 Å². The molecule has 1 atom stereocenters. The number of allylic oxidation sites excluding steroid dienone is 1. The van der Waals surface area contributed by atoms with Crippen molar-refractivity contribution in [1.29, 1.82) is 5.26 Å². The number of carbonyl (C=O) groups excluding carboxylic acids is 1. The van der Waals surface area contributed by atoms with Crippen LogP contribution in [-0.2, 0) is 4.79 Å². The molecule has 8 heteroatoms. The van der Waals surface area contributed by atoms with E-state index in [-0.39, 0.29) is 23.8 Å². The standard InChI is InChI=1S/C27H23ClN2O5/c1-3-32-23-7-5-4-6-19(23)26-20-10-9-18(13-24(20)35-27(30)21(26)14-29)34-25(31)15-33-22-11-8-17(28)12-16(22)2/h4-13,26H,3,15,30H2,1-2H3. The molecule has 35 heavy (non-hydrogen) atoms. The summed E-state index contributed by atoms with van der Waals surface area (Å²) in [5.41, 5.74) is 8.68. The number of ether oxygens (including phenoxy) is 4. The second kappa shape index (κ2) is 10.4. The van der Waals surface area contributed by atoms with E-state index in [2.05, 4.69) is 6.07 Å². The van der Waals surface area contributed by atoms with Crippen LogP contribution in [-0.4, -0.2) is 19.2 Å². The average molecular weight is 491 g/mol. The maximum atomic E-state index is 12.4. The molecule has 3 aromatic carbocycles. The number of hydrogen-bond acceptors (Lipinski definition) is 7. The molecule has 0 saturated carbocycles. The third-order valence-electron chi connectivity index (χ3n) is 5.43. The highest BCUT2D eigenvalue weighted by Crippen LogP contribution is 2.45. The first-order chi connectivity index (χ1) is 16.9. The molecule has 0 spiro atoms. The molecule has 1 heterocycles. The molecule has 3 aromatic rings. The number of nitriles is 1. The van der Waals surface area contributed by atoms with Crippen LogP contribution in [0.2, 0.25) is 5.02 Å². The third kappa shape index (κ3) is 5.18. The van der Waals surface area contributed by atoms with Gasteiger partial charge in [0.15, 0.2) is 6.61 Å². The molecular weight excluding hydrogens is 468 g/mol. The second-order valence-corrected chi connectivity index (χ2v) is 8.20. The zero-order valence-corrected chi connectivity index (χ0v) is 20.0. The van der Waals surface area contributed by atoms with Gasteiger partial charge in [0.1, 0.15) is 34.6 Å². The van der Waals surface area contributed by atoms with Gasteiger partial charge in [-0.15, -0.1) is 0 Å². The summed E-state index contributed by atoms with van der Waals surface area (Å²) in [6, 6.07) is 19.7. The zero-order chi connectivity index (χ0) is 24.9. The first kappa shape index (κ1) is 24.0. The van der Waals surface area contributed by atoms with E-state index >= 15 is 0 Å². The number of benzene rings is 3. The lowest BCUT2D eigenvalue weighted by molar-refractivity contribution is -0.136. The maximum absolute atomic E-state index is 12.4. The smallest absolute Gasteiger partial charge is 0.349 e. The maximum Gasteiger partial charge on any atom is 0.349 e. The van der Waals surface area contributed by atoms with Crippen molar-refractivity contribution < 1.29 is 23.7 Å². The van der Waals surface area contributed by atoms with Crippen molar-refractivity contribution in [2.24, 2.45) is 5.73 Å². The van der Waals surface area contributed by atoms with Crippen LogP contribution in [0.25, 0.3) is 0 Å². The van der Waals surface area contributed by atoms with Crippen molar-refractivity contribution in [2.75, 3.05) is 13.2 Å². The van der Waals surface area contributed by atoms with Crippen molar-refractivity contribution in [2.45, 2.75) is 19.8 Å². The summed E-state index contributed by atoms with van der Waals surface area (Å²) < 4.78 is 22.5. The summed E-state index contributed by atoms with van der Waals surface area (Å²) in [4.78, 5) is 12.4. The van der Waals surface area contributed by atoms with Gasteiger partial charge in [-0.3, -0.25) is 0 Å². The molecule has 0 fully saturated rings. The van der Waals surface area contributed by atoms with Gasteiger partial charge in [0.25, 0.3) is 0 Å². The highest BCUT2D eigenvalue weighted by molar-refractivity contribution is 6.30. The predicted octanol–water partition coefficient (Wildman–Crippen LogP) is 5.25. The van der Waals surface area contributed by atoms with E-state index in [0.29, 0.717) is 34.4 Å². The quantitative estimate of drug-likeness (QED) is 0.356. The topological polar surface area (TPSA) is 104 Å². The Morgan fingerprint density at radius 2 is 1.89 bits per heavy atom. The number of nitrogens with two attached hydrogens (primary N) is 1. The highest BCUT2D eigenvalue weighted by Gasteiger charge is 2.33. The minimum absolute atomic E-state index is 0.0127. The number of rotatable bonds is 7. The minimum Gasteiger partial charge on any atom is -0.494 e. The fourth-order valence-corrected chi connectivity index (χ4v) is 4.12. The number of aryl methyl sites for hydroxylation is 1. The Hall–Kier alpha value is -4.15. The van der Waals surface area contributed by atoms with Crippen LogP contribution < -0.4 is 24.7 Å². The Morgan fingerprint density at radius 3 is 2.63 bits per heavy atom. The first-order valence-electron chi connectivity index (χ1n) is 10.9. The Morgan fingerprint density at radius 1 is 1.09 bits per heavy atom. The number of hydrogen-bond donors (Lipinski definition) is 1. The van der Waals surface area contributed by atoms with Gasteiger partial charge in [0.05, 0.1) is 12.5 Å². The van der Waals surface area contributed by atoms with Gasteiger partial charge in [-0.1, -0.05) is 35.9 Å². The van der Waals surface area contributed by atoms with Gasteiger partial charge in [-0.25, -0.2) is 4.79 Å². The van der Waals surface area contributed by atoms with Crippen molar-refractivity contribution in [1.82, 2.24) is 0 Å². The van der Waals surface area contributed by atoms with Crippen molar-refractivity contribution in [3.05, 3.63) is 93.8 Å². The molecule has 4 rings (SSSR count).